The van der Waals surface area contributed by atoms with Gasteiger partial charge in [0.05, 0.1) is 6.20 Å². The van der Waals surface area contributed by atoms with Gasteiger partial charge in [-0.1, -0.05) is 10.9 Å². The number of aliphatic hydroxyl groups is 1. The number of rotatable bonds is 3. The van der Waals surface area contributed by atoms with Crippen LogP contribution in [0.3, 0.4) is 0 Å². The molecule has 1 aliphatic carbocycles. The highest BCUT2D eigenvalue weighted by Crippen LogP contribution is 2.25. The summed E-state index contributed by atoms with van der Waals surface area (Å²) in [4.78, 5) is 12.2. The lowest BCUT2D eigenvalue weighted by molar-refractivity contribution is 0.0920. The molecule has 2 rings (SSSR count). The molecule has 2 atom stereocenters. The van der Waals surface area contributed by atoms with Crippen molar-refractivity contribution >= 4 is 17.4 Å². The second kappa shape index (κ2) is 4.67. The molecule has 1 fully saturated rings. The highest BCUT2D eigenvalue weighted by atomic mass is 32.1. The van der Waals surface area contributed by atoms with Gasteiger partial charge in [0.2, 0.25) is 0 Å². The molecule has 1 saturated carbocycles. The summed E-state index contributed by atoms with van der Waals surface area (Å²) in [5, 5.41) is 15.6. The van der Waals surface area contributed by atoms with Gasteiger partial charge < -0.3 is 10.4 Å². The molecule has 0 bridgehead atoms. The third-order valence-electron chi connectivity index (χ3n) is 2.80. The predicted molar refractivity (Wildman–Crippen MR) is 55.6 cm³/mol. The number of aliphatic hydroxyl groups excluding tert-OH is 1. The first kappa shape index (κ1) is 10.5. The van der Waals surface area contributed by atoms with Crippen molar-refractivity contribution in [2.75, 3.05) is 6.61 Å². The predicted octanol–water partition coefficient (Wildman–Crippen LogP) is 0.429. The van der Waals surface area contributed by atoms with E-state index >= 15 is 0 Å². The fraction of sp³-hybridized carbons (Fsp3) is 0.667. The first-order valence-electron chi connectivity index (χ1n) is 5.00. The van der Waals surface area contributed by atoms with Crippen molar-refractivity contribution in [1.82, 2.24) is 14.9 Å². The molecular weight excluding hydrogens is 214 g/mol. The number of aromatic nitrogens is 2. The Balaban J connectivity index is 1.94. The fourth-order valence-electron chi connectivity index (χ4n) is 1.95. The molecule has 0 radical (unpaired) electrons. The number of hydrogen-bond donors (Lipinski definition) is 2. The molecule has 0 spiro atoms. The number of nitrogens with one attached hydrogen (secondary N) is 1. The smallest absolute Gasteiger partial charge is 0.264 e. The minimum atomic E-state index is -0.129. The summed E-state index contributed by atoms with van der Waals surface area (Å²) in [7, 11) is 0. The van der Waals surface area contributed by atoms with Crippen molar-refractivity contribution in [2.24, 2.45) is 5.92 Å². The van der Waals surface area contributed by atoms with Crippen LogP contribution in [0.1, 0.15) is 28.9 Å². The molecule has 0 saturated heterocycles. The van der Waals surface area contributed by atoms with Crippen LogP contribution in [0.25, 0.3) is 0 Å². The van der Waals surface area contributed by atoms with E-state index in [4.69, 9.17) is 5.11 Å². The summed E-state index contributed by atoms with van der Waals surface area (Å²) < 4.78 is 3.64. The topological polar surface area (TPSA) is 75.1 Å². The van der Waals surface area contributed by atoms with Gasteiger partial charge >= 0.3 is 0 Å². The Morgan fingerprint density at radius 3 is 3.20 bits per heavy atom. The maximum atomic E-state index is 11.7. The van der Waals surface area contributed by atoms with Crippen LogP contribution < -0.4 is 5.32 Å². The van der Waals surface area contributed by atoms with Crippen LogP contribution >= 0.6 is 11.5 Å². The minimum Gasteiger partial charge on any atom is -0.396 e. The van der Waals surface area contributed by atoms with E-state index in [2.05, 4.69) is 14.9 Å². The van der Waals surface area contributed by atoms with Crippen molar-refractivity contribution < 1.29 is 9.90 Å². The van der Waals surface area contributed by atoms with E-state index in [-0.39, 0.29) is 24.5 Å². The first-order chi connectivity index (χ1) is 7.31. The van der Waals surface area contributed by atoms with Gasteiger partial charge in [-0.3, -0.25) is 4.79 Å². The minimum absolute atomic E-state index is 0.101. The Morgan fingerprint density at radius 1 is 1.67 bits per heavy atom. The Bertz CT molecular complexity index is 328. The molecule has 0 aromatic carbocycles. The average molecular weight is 227 g/mol. The molecule has 1 amide bonds. The van der Waals surface area contributed by atoms with Crippen LogP contribution in [0.5, 0.6) is 0 Å². The quantitative estimate of drug-likeness (QED) is 0.785. The summed E-state index contributed by atoms with van der Waals surface area (Å²) in [6, 6.07) is 0.101. The van der Waals surface area contributed by atoms with Crippen LogP contribution in [-0.4, -0.2) is 33.2 Å². The summed E-state index contributed by atoms with van der Waals surface area (Å²) in [6.07, 6.45) is 4.46. The zero-order valence-electron chi connectivity index (χ0n) is 8.22. The van der Waals surface area contributed by atoms with E-state index < -0.39 is 0 Å². The summed E-state index contributed by atoms with van der Waals surface area (Å²) >= 11 is 1.09. The molecule has 1 aliphatic rings. The number of carbonyl (C=O) groups is 1. The van der Waals surface area contributed by atoms with Crippen molar-refractivity contribution in [3.8, 4) is 0 Å². The van der Waals surface area contributed by atoms with Crippen LogP contribution in [0.4, 0.5) is 0 Å². The van der Waals surface area contributed by atoms with Crippen molar-refractivity contribution in [3.63, 3.8) is 0 Å². The van der Waals surface area contributed by atoms with Crippen molar-refractivity contribution in [3.05, 3.63) is 11.1 Å². The Kier molecular flexibility index (Phi) is 3.27. The molecule has 1 aromatic rings. The van der Waals surface area contributed by atoms with Gasteiger partial charge in [-0.05, 0) is 24.4 Å². The van der Waals surface area contributed by atoms with Gasteiger partial charge in [-0.2, -0.15) is 0 Å². The third-order valence-corrected chi connectivity index (χ3v) is 3.46. The van der Waals surface area contributed by atoms with Gasteiger partial charge in [-0.25, -0.2) is 0 Å². The summed E-state index contributed by atoms with van der Waals surface area (Å²) in [6.45, 7) is 0.145. The standard InChI is InChI=1S/C9H13N3O2S/c13-5-6-2-1-3-7(6)11-9(14)8-4-10-12-15-8/h4,6-7,13H,1-3,5H2,(H,11,14). The summed E-state index contributed by atoms with van der Waals surface area (Å²) in [5.74, 6) is 0.0742. The lowest BCUT2D eigenvalue weighted by Gasteiger charge is -2.18. The monoisotopic (exact) mass is 227 g/mol. The van der Waals surface area contributed by atoms with Crippen molar-refractivity contribution in [1.29, 1.82) is 0 Å². The van der Waals surface area contributed by atoms with Gasteiger partial charge in [0.25, 0.3) is 5.91 Å². The zero-order chi connectivity index (χ0) is 10.7. The average Bonchev–Trinajstić information content (AvgIpc) is 2.87. The maximum Gasteiger partial charge on any atom is 0.264 e. The Morgan fingerprint density at radius 2 is 2.53 bits per heavy atom. The lowest BCUT2D eigenvalue weighted by atomic mass is 10.1. The van der Waals surface area contributed by atoms with Crippen molar-refractivity contribution in [2.45, 2.75) is 25.3 Å². The highest BCUT2D eigenvalue weighted by molar-refractivity contribution is 7.07. The third kappa shape index (κ3) is 2.32. The molecule has 6 heteroatoms. The van der Waals surface area contributed by atoms with Gasteiger partial charge in [0, 0.05) is 18.6 Å². The van der Waals surface area contributed by atoms with E-state index in [1.807, 2.05) is 0 Å². The number of amides is 1. The molecule has 15 heavy (non-hydrogen) atoms. The lowest BCUT2D eigenvalue weighted by Crippen LogP contribution is -2.38. The van der Waals surface area contributed by atoms with Crippen LogP contribution in [-0.2, 0) is 0 Å². The normalized spacial score (nSPS) is 25.4. The largest absolute Gasteiger partial charge is 0.396 e. The molecule has 0 aliphatic heterocycles. The second-order valence-electron chi connectivity index (χ2n) is 3.74. The molecule has 82 valence electrons. The van der Waals surface area contributed by atoms with Gasteiger partial charge in [-0.15, -0.1) is 5.10 Å². The maximum absolute atomic E-state index is 11.7. The number of carbonyl (C=O) groups excluding carboxylic acids is 1. The molecular formula is C9H13N3O2S. The van der Waals surface area contributed by atoms with E-state index in [0.717, 1.165) is 30.8 Å². The molecule has 1 heterocycles. The summed E-state index contributed by atoms with van der Waals surface area (Å²) in [5.41, 5.74) is 0. The molecule has 2 N–H and O–H groups in total. The number of hydrogen-bond acceptors (Lipinski definition) is 5. The molecule has 2 unspecified atom stereocenters. The molecule has 1 aromatic heterocycles. The van der Waals surface area contributed by atoms with Crippen LogP contribution in [0.15, 0.2) is 6.20 Å². The zero-order valence-corrected chi connectivity index (χ0v) is 9.04. The molecule has 5 nitrogen and oxygen atoms in total. The number of nitrogens with zero attached hydrogens (tertiary/aromatic N) is 2. The van der Waals surface area contributed by atoms with E-state index in [9.17, 15) is 4.79 Å². The Labute approximate surface area is 91.7 Å². The fourth-order valence-corrected chi connectivity index (χ4v) is 2.37. The van der Waals surface area contributed by atoms with E-state index in [1.54, 1.807) is 0 Å². The SMILES string of the molecule is O=C(NC1CCCC1CO)c1cnns1. The van der Waals surface area contributed by atoms with Gasteiger partial charge in [0.15, 0.2) is 0 Å². The van der Waals surface area contributed by atoms with Crippen LogP contribution in [0.2, 0.25) is 0 Å². The first-order valence-corrected chi connectivity index (χ1v) is 5.77. The second-order valence-corrected chi connectivity index (χ2v) is 4.52. The Hall–Kier alpha value is -1.01. The van der Waals surface area contributed by atoms with Gasteiger partial charge in [0.1, 0.15) is 4.88 Å². The van der Waals surface area contributed by atoms with E-state index in [0.29, 0.717) is 4.88 Å². The van der Waals surface area contributed by atoms with E-state index in [1.165, 1.54) is 6.20 Å². The highest BCUT2D eigenvalue weighted by Gasteiger charge is 2.28. The van der Waals surface area contributed by atoms with Crippen LogP contribution in [0, 0.1) is 5.92 Å².